The summed E-state index contributed by atoms with van der Waals surface area (Å²) in [6, 6.07) is 4.53. The molecule has 2 nitrogen and oxygen atoms in total. The molecule has 17 heavy (non-hydrogen) atoms. The van der Waals surface area contributed by atoms with Crippen LogP contribution in [0.3, 0.4) is 0 Å². The zero-order valence-electron chi connectivity index (χ0n) is 11.2. The molecule has 2 unspecified atom stereocenters. The molecule has 0 saturated heterocycles. The number of ether oxygens (including phenoxy) is 1. The van der Waals surface area contributed by atoms with Gasteiger partial charge < -0.3 is 4.74 Å². The Balaban J connectivity index is 2.51. The molecule has 0 radical (unpaired) electrons. The van der Waals surface area contributed by atoms with Crippen molar-refractivity contribution in [1.29, 1.82) is 5.26 Å². The van der Waals surface area contributed by atoms with Crippen molar-refractivity contribution in [1.82, 2.24) is 0 Å². The summed E-state index contributed by atoms with van der Waals surface area (Å²) in [6.45, 7) is 8.38. The predicted molar refractivity (Wildman–Crippen MR) is 68.3 cm³/mol. The van der Waals surface area contributed by atoms with Gasteiger partial charge in [0.1, 0.15) is 5.75 Å². The minimum absolute atomic E-state index is 0.156. The molecule has 1 saturated carbocycles. The van der Waals surface area contributed by atoms with Crippen molar-refractivity contribution in [3.63, 3.8) is 0 Å². The molecule has 2 atom stereocenters. The van der Waals surface area contributed by atoms with E-state index in [9.17, 15) is 5.26 Å². The van der Waals surface area contributed by atoms with E-state index in [1.807, 2.05) is 0 Å². The third kappa shape index (κ3) is 1.70. The standard InChI is InChI=1S/C15H19NO/c1-9-6-13(17-5)10(2)11(3)14(9)12-7-15(12,4)8-16/h6,12H,7H2,1-5H3. The van der Waals surface area contributed by atoms with Crippen molar-refractivity contribution in [2.45, 2.75) is 40.0 Å². The van der Waals surface area contributed by atoms with Crippen LogP contribution < -0.4 is 4.74 Å². The fraction of sp³-hybridized carbons (Fsp3) is 0.533. The van der Waals surface area contributed by atoms with Crippen LogP contribution >= 0.6 is 0 Å². The van der Waals surface area contributed by atoms with Crippen LogP contribution in [0.1, 0.15) is 41.5 Å². The first-order valence-corrected chi connectivity index (χ1v) is 6.00. The van der Waals surface area contributed by atoms with Gasteiger partial charge in [0.2, 0.25) is 0 Å². The molecule has 1 aromatic carbocycles. The van der Waals surface area contributed by atoms with Gasteiger partial charge in [-0.05, 0) is 62.4 Å². The molecule has 1 aliphatic carbocycles. The highest BCUT2D eigenvalue weighted by atomic mass is 16.5. The van der Waals surface area contributed by atoms with E-state index < -0.39 is 0 Å². The lowest BCUT2D eigenvalue weighted by atomic mass is 9.91. The minimum atomic E-state index is -0.156. The average Bonchev–Trinajstić information content (AvgIpc) is 2.97. The molecule has 1 aliphatic rings. The van der Waals surface area contributed by atoms with E-state index in [-0.39, 0.29) is 5.41 Å². The van der Waals surface area contributed by atoms with Crippen molar-refractivity contribution >= 4 is 0 Å². The molecule has 0 bridgehead atoms. The molecule has 0 aliphatic heterocycles. The Morgan fingerprint density at radius 3 is 2.47 bits per heavy atom. The number of hydrogen-bond donors (Lipinski definition) is 0. The Morgan fingerprint density at radius 1 is 1.35 bits per heavy atom. The van der Waals surface area contributed by atoms with Crippen LogP contribution in [0.15, 0.2) is 6.07 Å². The van der Waals surface area contributed by atoms with Crippen LogP contribution in [-0.4, -0.2) is 7.11 Å². The largest absolute Gasteiger partial charge is 0.496 e. The fourth-order valence-corrected chi connectivity index (χ4v) is 2.72. The first kappa shape index (κ1) is 12.0. The smallest absolute Gasteiger partial charge is 0.122 e. The molecule has 90 valence electrons. The molecule has 0 N–H and O–H groups in total. The van der Waals surface area contributed by atoms with E-state index in [2.05, 4.69) is 39.8 Å². The van der Waals surface area contributed by atoms with Crippen LogP contribution in [0.2, 0.25) is 0 Å². The summed E-state index contributed by atoms with van der Waals surface area (Å²) in [4.78, 5) is 0. The lowest BCUT2D eigenvalue weighted by Crippen LogP contribution is -2.01. The molecule has 1 fully saturated rings. The summed E-state index contributed by atoms with van der Waals surface area (Å²) in [5.74, 6) is 1.35. The number of aryl methyl sites for hydroxylation is 1. The highest BCUT2D eigenvalue weighted by molar-refractivity contribution is 5.52. The summed E-state index contributed by atoms with van der Waals surface area (Å²) in [6.07, 6.45) is 0.983. The number of nitriles is 1. The predicted octanol–water partition coefficient (Wildman–Crippen LogP) is 3.64. The van der Waals surface area contributed by atoms with Gasteiger partial charge in [0.15, 0.2) is 0 Å². The molecule has 2 heteroatoms. The molecule has 1 aromatic rings. The topological polar surface area (TPSA) is 33.0 Å². The second-order valence-electron chi connectivity index (χ2n) is 5.35. The molecular formula is C15H19NO. The van der Waals surface area contributed by atoms with Crippen LogP contribution in [0.5, 0.6) is 5.75 Å². The zero-order valence-corrected chi connectivity index (χ0v) is 11.2. The van der Waals surface area contributed by atoms with Crippen molar-refractivity contribution in [2.75, 3.05) is 7.11 Å². The summed E-state index contributed by atoms with van der Waals surface area (Å²) in [7, 11) is 1.71. The number of nitrogens with zero attached hydrogens (tertiary/aromatic N) is 1. The molecule has 0 heterocycles. The first-order valence-electron chi connectivity index (χ1n) is 6.00. The zero-order chi connectivity index (χ0) is 12.8. The Labute approximate surface area is 103 Å². The normalized spacial score (nSPS) is 26.5. The Kier molecular flexibility index (Phi) is 2.66. The van der Waals surface area contributed by atoms with Crippen LogP contribution in [0, 0.1) is 37.5 Å². The molecular weight excluding hydrogens is 210 g/mol. The summed E-state index contributed by atoms with van der Waals surface area (Å²) in [5, 5.41) is 9.17. The quantitative estimate of drug-likeness (QED) is 0.775. The van der Waals surface area contributed by atoms with Crippen molar-refractivity contribution in [3.8, 4) is 11.8 Å². The van der Waals surface area contributed by atoms with Gasteiger partial charge >= 0.3 is 0 Å². The lowest BCUT2D eigenvalue weighted by Gasteiger charge is -2.16. The van der Waals surface area contributed by atoms with Gasteiger partial charge in [-0.3, -0.25) is 0 Å². The van der Waals surface area contributed by atoms with E-state index in [1.165, 1.54) is 22.3 Å². The maximum atomic E-state index is 9.17. The van der Waals surface area contributed by atoms with Crippen LogP contribution in [-0.2, 0) is 0 Å². The third-order valence-electron chi connectivity index (χ3n) is 4.17. The Morgan fingerprint density at radius 2 is 2.00 bits per heavy atom. The molecule has 2 rings (SSSR count). The molecule has 0 spiro atoms. The number of hydrogen-bond acceptors (Lipinski definition) is 2. The number of rotatable bonds is 2. The van der Waals surface area contributed by atoms with Crippen molar-refractivity contribution in [3.05, 3.63) is 28.3 Å². The molecule has 0 amide bonds. The van der Waals surface area contributed by atoms with Crippen molar-refractivity contribution < 1.29 is 4.74 Å². The van der Waals surface area contributed by atoms with Gasteiger partial charge in [0.25, 0.3) is 0 Å². The minimum Gasteiger partial charge on any atom is -0.496 e. The Bertz CT molecular complexity index is 513. The SMILES string of the molecule is COc1cc(C)c(C2CC2(C)C#N)c(C)c1C. The van der Waals surface area contributed by atoms with E-state index in [0.717, 1.165) is 12.2 Å². The van der Waals surface area contributed by atoms with E-state index in [0.29, 0.717) is 5.92 Å². The fourth-order valence-electron chi connectivity index (χ4n) is 2.72. The first-order chi connectivity index (χ1) is 7.94. The highest BCUT2D eigenvalue weighted by Crippen LogP contribution is 2.60. The summed E-state index contributed by atoms with van der Waals surface area (Å²) < 4.78 is 5.38. The van der Waals surface area contributed by atoms with Crippen LogP contribution in [0.25, 0.3) is 0 Å². The average molecular weight is 229 g/mol. The van der Waals surface area contributed by atoms with Gasteiger partial charge in [-0.1, -0.05) is 0 Å². The van der Waals surface area contributed by atoms with Gasteiger partial charge in [-0.2, -0.15) is 5.26 Å². The second kappa shape index (κ2) is 3.77. The van der Waals surface area contributed by atoms with Gasteiger partial charge in [0.05, 0.1) is 18.6 Å². The van der Waals surface area contributed by atoms with Crippen molar-refractivity contribution in [2.24, 2.45) is 5.41 Å². The maximum Gasteiger partial charge on any atom is 0.122 e. The monoisotopic (exact) mass is 229 g/mol. The highest BCUT2D eigenvalue weighted by Gasteiger charge is 2.52. The summed E-state index contributed by atoms with van der Waals surface area (Å²) in [5.41, 5.74) is 4.92. The van der Waals surface area contributed by atoms with E-state index in [1.54, 1.807) is 7.11 Å². The van der Waals surface area contributed by atoms with Gasteiger partial charge in [-0.25, -0.2) is 0 Å². The summed E-state index contributed by atoms with van der Waals surface area (Å²) >= 11 is 0. The third-order valence-corrected chi connectivity index (χ3v) is 4.17. The van der Waals surface area contributed by atoms with Gasteiger partial charge in [-0.15, -0.1) is 0 Å². The van der Waals surface area contributed by atoms with Gasteiger partial charge in [0, 0.05) is 5.92 Å². The maximum absolute atomic E-state index is 9.17. The molecule has 0 aromatic heterocycles. The second-order valence-corrected chi connectivity index (χ2v) is 5.35. The number of methoxy groups -OCH3 is 1. The van der Waals surface area contributed by atoms with E-state index >= 15 is 0 Å². The van der Waals surface area contributed by atoms with Crippen LogP contribution in [0.4, 0.5) is 0 Å². The lowest BCUT2D eigenvalue weighted by molar-refractivity contribution is 0.410. The van der Waals surface area contributed by atoms with E-state index in [4.69, 9.17) is 4.74 Å². The number of benzene rings is 1. The Hall–Kier alpha value is -1.49.